The van der Waals surface area contributed by atoms with Crippen molar-refractivity contribution in [3.05, 3.63) is 41.7 Å². The van der Waals surface area contributed by atoms with Gasteiger partial charge in [0.15, 0.2) is 5.69 Å². The van der Waals surface area contributed by atoms with Crippen LogP contribution in [0.15, 0.2) is 30.3 Å². The molecule has 6 nitrogen and oxygen atoms in total. The molecule has 0 aliphatic rings. The molecule has 0 saturated heterocycles. The van der Waals surface area contributed by atoms with Crippen molar-refractivity contribution in [1.82, 2.24) is 15.1 Å². The smallest absolute Gasteiger partial charge is 0.271 e. The molecule has 112 valence electrons. The van der Waals surface area contributed by atoms with E-state index in [1.54, 1.807) is 24.8 Å². The summed E-state index contributed by atoms with van der Waals surface area (Å²) in [5.41, 5.74) is 2.02. The lowest BCUT2D eigenvalue weighted by molar-refractivity contribution is 0.0918. The number of aryl methyl sites for hydroxylation is 1. The van der Waals surface area contributed by atoms with Crippen LogP contribution in [0.1, 0.15) is 23.1 Å². The zero-order chi connectivity index (χ0) is 15.4. The lowest BCUT2D eigenvalue weighted by Gasteiger charge is -2.06. The molecule has 0 radical (unpaired) electrons. The van der Waals surface area contributed by atoms with Crippen LogP contribution in [0.4, 0.5) is 0 Å². The lowest BCUT2D eigenvalue weighted by atomic mass is 10.3. The standard InChI is InChI=1S/C15H19N3O3/c1-10-8-14(15(20)16-9-11(2)19)17-18(10)12-4-6-13(21-3)7-5-12/h4-8,11,19H,9H2,1-3H3,(H,16,20). The van der Waals surface area contributed by atoms with Gasteiger partial charge in [-0.2, -0.15) is 5.10 Å². The first-order valence-corrected chi connectivity index (χ1v) is 6.68. The summed E-state index contributed by atoms with van der Waals surface area (Å²) in [6.07, 6.45) is -0.585. The first-order valence-electron chi connectivity index (χ1n) is 6.68. The first kappa shape index (κ1) is 15.1. The zero-order valence-electron chi connectivity index (χ0n) is 12.3. The Morgan fingerprint density at radius 3 is 2.67 bits per heavy atom. The lowest BCUT2D eigenvalue weighted by Crippen LogP contribution is -2.30. The van der Waals surface area contributed by atoms with Gasteiger partial charge < -0.3 is 15.2 Å². The number of hydrogen-bond acceptors (Lipinski definition) is 4. The summed E-state index contributed by atoms with van der Waals surface area (Å²) in [6, 6.07) is 9.13. The number of aromatic nitrogens is 2. The van der Waals surface area contributed by atoms with Crippen LogP contribution in [0.5, 0.6) is 5.75 Å². The van der Waals surface area contributed by atoms with E-state index in [1.807, 2.05) is 31.2 Å². The highest BCUT2D eigenvalue weighted by atomic mass is 16.5. The van der Waals surface area contributed by atoms with E-state index in [1.165, 1.54) is 0 Å². The van der Waals surface area contributed by atoms with Crippen molar-refractivity contribution in [2.75, 3.05) is 13.7 Å². The number of benzene rings is 1. The van der Waals surface area contributed by atoms with Gasteiger partial charge in [-0.25, -0.2) is 4.68 Å². The van der Waals surface area contributed by atoms with Crippen LogP contribution in [-0.4, -0.2) is 40.6 Å². The molecule has 0 aliphatic carbocycles. The van der Waals surface area contributed by atoms with Crippen LogP contribution in [0.3, 0.4) is 0 Å². The Kier molecular flexibility index (Phi) is 4.59. The second-order valence-electron chi connectivity index (χ2n) is 4.84. The molecule has 1 aromatic heterocycles. The van der Waals surface area contributed by atoms with Crippen molar-refractivity contribution < 1.29 is 14.6 Å². The Bertz CT molecular complexity index is 618. The highest BCUT2D eigenvalue weighted by Crippen LogP contribution is 2.16. The van der Waals surface area contributed by atoms with E-state index in [9.17, 15) is 9.90 Å². The Balaban J connectivity index is 2.20. The molecule has 1 unspecified atom stereocenters. The van der Waals surface area contributed by atoms with Crippen molar-refractivity contribution in [2.24, 2.45) is 0 Å². The molecule has 1 heterocycles. The highest BCUT2D eigenvalue weighted by Gasteiger charge is 2.13. The molecule has 2 aromatic rings. The number of methoxy groups -OCH3 is 1. The fraction of sp³-hybridized carbons (Fsp3) is 0.333. The molecular weight excluding hydrogens is 270 g/mol. The van der Waals surface area contributed by atoms with Crippen molar-refractivity contribution in [3.8, 4) is 11.4 Å². The molecule has 1 amide bonds. The quantitative estimate of drug-likeness (QED) is 0.870. The summed E-state index contributed by atoms with van der Waals surface area (Å²) in [4.78, 5) is 11.9. The Morgan fingerprint density at radius 1 is 1.43 bits per heavy atom. The van der Waals surface area contributed by atoms with Crippen LogP contribution in [0.2, 0.25) is 0 Å². The Hall–Kier alpha value is -2.34. The molecule has 2 rings (SSSR count). The predicted molar refractivity (Wildman–Crippen MR) is 78.9 cm³/mol. The summed E-state index contributed by atoms with van der Waals surface area (Å²) in [5, 5.41) is 16.1. The fourth-order valence-corrected chi connectivity index (χ4v) is 1.90. The first-order chi connectivity index (χ1) is 10.0. The largest absolute Gasteiger partial charge is 0.497 e. The fourth-order valence-electron chi connectivity index (χ4n) is 1.90. The SMILES string of the molecule is COc1ccc(-n2nc(C(=O)NCC(C)O)cc2C)cc1. The number of aliphatic hydroxyl groups excluding tert-OH is 1. The maximum absolute atomic E-state index is 11.9. The molecule has 1 aromatic carbocycles. The van der Waals surface area contributed by atoms with Gasteiger partial charge in [0.2, 0.25) is 0 Å². The van der Waals surface area contributed by atoms with Gasteiger partial charge >= 0.3 is 0 Å². The average Bonchev–Trinajstić information content (AvgIpc) is 2.87. The van der Waals surface area contributed by atoms with Crippen LogP contribution in [-0.2, 0) is 0 Å². The predicted octanol–water partition coefficient (Wildman–Crippen LogP) is 1.30. The maximum Gasteiger partial charge on any atom is 0.271 e. The van der Waals surface area contributed by atoms with E-state index in [4.69, 9.17) is 4.74 Å². The van der Waals surface area contributed by atoms with Gasteiger partial charge in [-0.15, -0.1) is 0 Å². The maximum atomic E-state index is 11.9. The molecular formula is C15H19N3O3. The van der Waals surface area contributed by atoms with Gasteiger partial charge in [0.1, 0.15) is 5.75 Å². The van der Waals surface area contributed by atoms with E-state index in [2.05, 4.69) is 10.4 Å². The Labute approximate surface area is 123 Å². The number of carbonyl (C=O) groups excluding carboxylic acids is 1. The molecule has 2 N–H and O–H groups in total. The topological polar surface area (TPSA) is 76.4 Å². The minimum absolute atomic E-state index is 0.202. The van der Waals surface area contributed by atoms with Crippen molar-refractivity contribution in [1.29, 1.82) is 0 Å². The molecule has 0 aliphatic heterocycles. The molecule has 0 spiro atoms. The number of rotatable bonds is 5. The molecule has 6 heteroatoms. The second-order valence-corrected chi connectivity index (χ2v) is 4.84. The molecule has 0 bridgehead atoms. The summed E-state index contributed by atoms with van der Waals surface area (Å²) in [6.45, 7) is 3.69. The van der Waals surface area contributed by atoms with Crippen molar-refractivity contribution in [3.63, 3.8) is 0 Å². The van der Waals surface area contributed by atoms with Crippen LogP contribution in [0, 0.1) is 6.92 Å². The number of nitrogens with zero attached hydrogens (tertiary/aromatic N) is 2. The van der Waals surface area contributed by atoms with E-state index in [0.717, 1.165) is 17.1 Å². The third kappa shape index (κ3) is 3.61. The van der Waals surface area contributed by atoms with Gasteiger partial charge in [-0.3, -0.25) is 4.79 Å². The number of carbonyl (C=O) groups is 1. The minimum atomic E-state index is -0.585. The number of hydrogen-bond donors (Lipinski definition) is 2. The summed E-state index contributed by atoms with van der Waals surface area (Å²) < 4.78 is 6.81. The highest BCUT2D eigenvalue weighted by molar-refractivity contribution is 5.92. The van der Waals surface area contributed by atoms with Gasteiger partial charge in [0.05, 0.1) is 18.9 Å². The molecule has 21 heavy (non-hydrogen) atoms. The number of ether oxygens (including phenoxy) is 1. The van der Waals surface area contributed by atoms with Crippen LogP contribution < -0.4 is 10.1 Å². The van der Waals surface area contributed by atoms with Crippen LogP contribution in [0.25, 0.3) is 5.69 Å². The third-order valence-electron chi connectivity index (χ3n) is 3.00. The third-order valence-corrected chi connectivity index (χ3v) is 3.00. The number of aliphatic hydroxyl groups is 1. The second kappa shape index (κ2) is 6.41. The number of nitrogens with one attached hydrogen (secondary N) is 1. The van der Waals surface area contributed by atoms with Gasteiger partial charge in [-0.05, 0) is 44.2 Å². The summed E-state index contributed by atoms with van der Waals surface area (Å²) in [5.74, 6) is 0.463. The van der Waals surface area contributed by atoms with Gasteiger partial charge in [-0.1, -0.05) is 0 Å². The van der Waals surface area contributed by atoms with Crippen molar-refractivity contribution in [2.45, 2.75) is 20.0 Å². The van der Waals surface area contributed by atoms with Gasteiger partial charge in [0, 0.05) is 12.2 Å². The van der Waals surface area contributed by atoms with Crippen LogP contribution >= 0.6 is 0 Å². The van der Waals surface area contributed by atoms with E-state index < -0.39 is 6.10 Å². The van der Waals surface area contributed by atoms with Gasteiger partial charge in [0.25, 0.3) is 5.91 Å². The molecule has 0 fully saturated rings. The Morgan fingerprint density at radius 2 is 2.10 bits per heavy atom. The van der Waals surface area contributed by atoms with E-state index >= 15 is 0 Å². The minimum Gasteiger partial charge on any atom is -0.497 e. The summed E-state index contributed by atoms with van der Waals surface area (Å²) >= 11 is 0. The molecule has 1 atom stereocenters. The van der Waals surface area contributed by atoms with E-state index in [0.29, 0.717) is 5.69 Å². The van der Waals surface area contributed by atoms with Crippen molar-refractivity contribution >= 4 is 5.91 Å². The molecule has 0 saturated carbocycles. The normalized spacial score (nSPS) is 12.0. The van der Waals surface area contributed by atoms with E-state index in [-0.39, 0.29) is 12.5 Å². The monoisotopic (exact) mass is 289 g/mol. The zero-order valence-corrected chi connectivity index (χ0v) is 12.3. The average molecular weight is 289 g/mol. The summed E-state index contributed by atoms with van der Waals surface area (Å²) in [7, 11) is 1.61. The number of amides is 1.